The van der Waals surface area contributed by atoms with E-state index in [1.165, 1.54) is 14.2 Å². The Labute approximate surface area is 155 Å². The van der Waals surface area contributed by atoms with Gasteiger partial charge in [0.05, 0.1) is 31.3 Å². The van der Waals surface area contributed by atoms with Crippen molar-refractivity contribution < 1.29 is 19.1 Å². The van der Waals surface area contributed by atoms with E-state index in [-0.39, 0.29) is 6.04 Å². The molecule has 0 N–H and O–H groups in total. The van der Waals surface area contributed by atoms with Gasteiger partial charge in [0.1, 0.15) is 0 Å². The highest BCUT2D eigenvalue weighted by Crippen LogP contribution is 2.42. The molecule has 7 heteroatoms. The summed E-state index contributed by atoms with van der Waals surface area (Å²) in [7, 11) is 2.61. The van der Waals surface area contributed by atoms with E-state index in [0.29, 0.717) is 26.8 Å². The van der Waals surface area contributed by atoms with E-state index in [1.807, 2.05) is 4.90 Å². The second-order valence-electron chi connectivity index (χ2n) is 5.93. The van der Waals surface area contributed by atoms with Crippen LogP contribution in [0.2, 0.25) is 10.0 Å². The van der Waals surface area contributed by atoms with Gasteiger partial charge in [0.25, 0.3) is 0 Å². The number of carbonyl (C=O) groups is 2. The fourth-order valence-corrected chi connectivity index (χ4v) is 3.42. The molecule has 0 unspecified atom stereocenters. The lowest BCUT2D eigenvalue weighted by molar-refractivity contribution is -0.137. The average molecular weight is 382 g/mol. The molecule has 0 bridgehead atoms. The van der Waals surface area contributed by atoms with Crippen LogP contribution in [0.4, 0.5) is 0 Å². The molecule has 1 aliphatic carbocycles. The first kappa shape index (κ1) is 17.8. The fraction of sp³-hybridized carbons (Fsp3) is 0.333. The van der Waals surface area contributed by atoms with Gasteiger partial charge in [-0.05, 0) is 30.5 Å². The maximum absolute atomic E-state index is 12.4. The summed E-state index contributed by atoms with van der Waals surface area (Å²) in [4.78, 5) is 26.7. The molecule has 1 fully saturated rings. The predicted molar refractivity (Wildman–Crippen MR) is 94.3 cm³/mol. The smallest absolute Gasteiger partial charge is 0.336 e. The summed E-state index contributed by atoms with van der Waals surface area (Å²) in [5.74, 6) is -1.72. The summed E-state index contributed by atoms with van der Waals surface area (Å²) in [6, 6.07) is 5.23. The molecule has 3 rings (SSSR count). The van der Waals surface area contributed by atoms with Crippen LogP contribution in [0.15, 0.2) is 41.7 Å². The van der Waals surface area contributed by atoms with Crippen LogP contribution < -0.4 is 0 Å². The Morgan fingerprint density at radius 3 is 2.04 bits per heavy atom. The molecule has 1 saturated carbocycles. The molecule has 2 aliphatic rings. The minimum absolute atomic E-state index is 0.279. The van der Waals surface area contributed by atoms with Gasteiger partial charge in [-0.3, -0.25) is 0 Å². The first-order chi connectivity index (χ1) is 12.0. The van der Waals surface area contributed by atoms with Crippen LogP contribution in [-0.2, 0) is 19.1 Å². The standard InChI is InChI=1S/C18H17Cl2NO4/c1-24-17(22)13-8-21(11-4-5-11)9-14(18(23)25-2)16(13)12-6-3-10(19)7-15(12)20/h3,6-9,11,16H,4-5H2,1-2H3. The number of hydrogen-bond acceptors (Lipinski definition) is 5. The van der Waals surface area contributed by atoms with E-state index in [4.69, 9.17) is 32.7 Å². The number of ether oxygens (including phenoxy) is 2. The third kappa shape index (κ3) is 3.53. The van der Waals surface area contributed by atoms with Gasteiger partial charge in [-0.2, -0.15) is 0 Å². The number of rotatable bonds is 4. The number of benzene rings is 1. The summed E-state index contributed by atoms with van der Waals surface area (Å²) in [6.07, 6.45) is 5.46. The number of carbonyl (C=O) groups excluding carboxylic acids is 2. The second kappa shape index (κ2) is 7.10. The van der Waals surface area contributed by atoms with Crippen molar-refractivity contribution in [3.8, 4) is 0 Å². The van der Waals surface area contributed by atoms with Crippen LogP contribution in [0.5, 0.6) is 0 Å². The van der Waals surface area contributed by atoms with Gasteiger partial charge in [0.15, 0.2) is 0 Å². The van der Waals surface area contributed by atoms with Crippen molar-refractivity contribution in [2.75, 3.05) is 14.2 Å². The number of halogens is 2. The molecule has 0 saturated heterocycles. The van der Waals surface area contributed by atoms with Gasteiger partial charge in [0.2, 0.25) is 0 Å². The van der Waals surface area contributed by atoms with Crippen LogP contribution in [0, 0.1) is 0 Å². The summed E-state index contributed by atoms with van der Waals surface area (Å²) >= 11 is 12.3. The maximum atomic E-state index is 12.4. The molecular formula is C18H17Cl2NO4. The van der Waals surface area contributed by atoms with E-state index >= 15 is 0 Å². The Morgan fingerprint density at radius 2 is 1.60 bits per heavy atom. The Bertz CT molecular complexity index is 749. The Kier molecular flexibility index (Phi) is 5.06. The van der Waals surface area contributed by atoms with Gasteiger partial charge >= 0.3 is 11.9 Å². The normalized spacial score (nSPS) is 17.7. The molecule has 0 atom stereocenters. The molecule has 5 nitrogen and oxygen atoms in total. The van der Waals surface area contributed by atoms with Crippen LogP contribution >= 0.6 is 23.2 Å². The first-order valence-corrected chi connectivity index (χ1v) is 8.54. The predicted octanol–water partition coefficient (Wildman–Crippen LogP) is 3.67. The van der Waals surface area contributed by atoms with Crippen molar-refractivity contribution in [2.24, 2.45) is 0 Å². The summed E-state index contributed by atoms with van der Waals surface area (Å²) < 4.78 is 9.87. The van der Waals surface area contributed by atoms with E-state index < -0.39 is 17.9 Å². The third-order valence-electron chi connectivity index (χ3n) is 4.28. The summed E-state index contributed by atoms with van der Waals surface area (Å²) in [5.41, 5.74) is 1.26. The zero-order valence-electron chi connectivity index (χ0n) is 13.8. The highest BCUT2D eigenvalue weighted by atomic mass is 35.5. The molecule has 0 aromatic heterocycles. The van der Waals surface area contributed by atoms with E-state index in [9.17, 15) is 9.59 Å². The van der Waals surface area contributed by atoms with Crippen molar-refractivity contribution in [1.29, 1.82) is 0 Å². The van der Waals surface area contributed by atoms with E-state index in [1.54, 1.807) is 30.6 Å². The van der Waals surface area contributed by atoms with E-state index in [2.05, 4.69) is 0 Å². The van der Waals surface area contributed by atoms with Gasteiger partial charge in [0, 0.05) is 28.5 Å². The Balaban J connectivity index is 2.14. The molecule has 1 aliphatic heterocycles. The van der Waals surface area contributed by atoms with Crippen LogP contribution in [0.3, 0.4) is 0 Å². The SMILES string of the molecule is COC(=O)C1=CN(C2CC2)C=C(C(=O)OC)C1c1ccc(Cl)cc1Cl. The van der Waals surface area contributed by atoms with Crippen LogP contribution in [0.25, 0.3) is 0 Å². The highest BCUT2D eigenvalue weighted by molar-refractivity contribution is 6.35. The largest absolute Gasteiger partial charge is 0.466 e. The minimum atomic E-state index is -0.681. The quantitative estimate of drug-likeness (QED) is 0.744. The lowest BCUT2D eigenvalue weighted by Crippen LogP contribution is -2.29. The summed E-state index contributed by atoms with van der Waals surface area (Å²) in [6.45, 7) is 0. The number of hydrogen-bond donors (Lipinski definition) is 0. The molecule has 132 valence electrons. The first-order valence-electron chi connectivity index (χ1n) is 7.78. The maximum Gasteiger partial charge on any atom is 0.336 e. The summed E-state index contributed by atoms with van der Waals surface area (Å²) in [5, 5.41) is 0.832. The molecular weight excluding hydrogens is 365 g/mol. The molecule has 0 radical (unpaired) electrons. The molecule has 1 aromatic rings. The zero-order chi connectivity index (χ0) is 18.1. The minimum Gasteiger partial charge on any atom is -0.466 e. The second-order valence-corrected chi connectivity index (χ2v) is 6.77. The van der Waals surface area contributed by atoms with Crippen molar-refractivity contribution >= 4 is 35.1 Å². The molecule has 1 heterocycles. The average Bonchev–Trinajstić information content (AvgIpc) is 3.44. The van der Waals surface area contributed by atoms with Crippen LogP contribution in [-0.4, -0.2) is 37.1 Å². The molecule has 0 amide bonds. The number of esters is 2. The molecule has 25 heavy (non-hydrogen) atoms. The van der Waals surface area contributed by atoms with Crippen molar-refractivity contribution in [1.82, 2.24) is 4.90 Å². The van der Waals surface area contributed by atoms with Crippen molar-refractivity contribution in [3.05, 3.63) is 57.4 Å². The van der Waals surface area contributed by atoms with Crippen molar-refractivity contribution in [2.45, 2.75) is 24.8 Å². The number of methoxy groups -OCH3 is 2. The Hall–Kier alpha value is -1.98. The zero-order valence-corrected chi connectivity index (χ0v) is 15.3. The third-order valence-corrected chi connectivity index (χ3v) is 4.84. The topological polar surface area (TPSA) is 55.8 Å². The Morgan fingerprint density at radius 1 is 1.04 bits per heavy atom. The molecule has 0 spiro atoms. The van der Waals surface area contributed by atoms with Gasteiger partial charge in [-0.15, -0.1) is 0 Å². The van der Waals surface area contributed by atoms with Gasteiger partial charge in [-0.1, -0.05) is 29.3 Å². The number of nitrogens with zero attached hydrogens (tertiary/aromatic N) is 1. The lowest BCUT2D eigenvalue weighted by atomic mass is 9.83. The van der Waals surface area contributed by atoms with E-state index in [0.717, 1.165) is 12.8 Å². The van der Waals surface area contributed by atoms with Gasteiger partial charge in [-0.25, -0.2) is 9.59 Å². The van der Waals surface area contributed by atoms with Crippen molar-refractivity contribution in [3.63, 3.8) is 0 Å². The van der Waals surface area contributed by atoms with Crippen LogP contribution in [0.1, 0.15) is 24.3 Å². The fourth-order valence-electron chi connectivity index (χ4n) is 2.91. The molecule has 1 aromatic carbocycles. The monoisotopic (exact) mass is 381 g/mol. The highest BCUT2D eigenvalue weighted by Gasteiger charge is 2.39. The lowest BCUT2D eigenvalue weighted by Gasteiger charge is -2.30. The van der Waals surface area contributed by atoms with Gasteiger partial charge < -0.3 is 14.4 Å².